The van der Waals surface area contributed by atoms with Gasteiger partial charge in [-0.25, -0.2) is 0 Å². The Balaban J connectivity index is 2.56. The summed E-state index contributed by atoms with van der Waals surface area (Å²) in [6, 6.07) is 4.41. The molecule has 0 radical (unpaired) electrons. The first kappa shape index (κ1) is 11.6. The predicted molar refractivity (Wildman–Crippen MR) is 66.7 cm³/mol. The fourth-order valence-electron chi connectivity index (χ4n) is 1.49. The number of thiocarbonyl (C=S) groups is 1. The first-order chi connectivity index (χ1) is 6.65. The lowest BCUT2D eigenvalue weighted by Crippen LogP contribution is -2.40. The lowest BCUT2D eigenvalue weighted by atomic mass is 10.2. The van der Waals surface area contributed by atoms with Crippen LogP contribution in [-0.2, 0) is 6.54 Å². The van der Waals surface area contributed by atoms with Gasteiger partial charge >= 0.3 is 0 Å². The van der Waals surface area contributed by atoms with Gasteiger partial charge in [-0.15, -0.1) is 11.3 Å². The van der Waals surface area contributed by atoms with Crippen molar-refractivity contribution in [1.29, 1.82) is 0 Å². The number of hydrogen-bond acceptors (Lipinski definition) is 3. The van der Waals surface area contributed by atoms with E-state index in [0.29, 0.717) is 4.99 Å². The Hall–Kier alpha value is -0.450. The smallest absolute Gasteiger partial charge is 0.0901 e. The number of likely N-dealkylation sites (N-methyl/N-ethyl adjacent to an activating group) is 1. The van der Waals surface area contributed by atoms with E-state index in [1.54, 1.807) is 11.3 Å². The molecule has 0 bridgehead atoms. The molecule has 0 aliphatic carbocycles. The Labute approximate surface area is 94.7 Å². The van der Waals surface area contributed by atoms with Crippen molar-refractivity contribution in [3.63, 3.8) is 0 Å². The molecule has 4 heteroatoms. The van der Waals surface area contributed by atoms with E-state index in [1.807, 2.05) is 0 Å². The Bertz CT molecular complexity index is 282. The molecule has 1 atom stereocenters. The van der Waals surface area contributed by atoms with E-state index in [0.717, 1.165) is 13.0 Å². The zero-order chi connectivity index (χ0) is 10.6. The summed E-state index contributed by atoms with van der Waals surface area (Å²) in [4.78, 5) is 4.14. The number of nitrogens with two attached hydrogens (primary N) is 1. The van der Waals surface area contributed by atoms with Crippen LogP contribution in [0.5, 0.6) is 0 Å². The molecule has 0 amide bonds. The summed E-state index contributed by atoms with van der Waals surface area (Å²) in [5, 5.41) is 2.09. The van der Waals surface area contributed by atoms with Crippen LogP contribution >= 0.6 is 23.6 Å². The van der Waals surface area contributed by atoms with Crippen LogP contribution in [0.1, 0.15) is 18.2 Å². The van der Waals surface area contributed by atoms with E-state index < -0.39 is 0 Å². The Kier molecular flexibility index (Phi) is 4.51. The molecule has 2 nitrogen and oxygen atoms in total. The highest BCUT2D eigenvalue weighted by Gasteiger charge is 2.15. The van der Waals surface area contributed by atoms with Gasteiger partial charge in [-0.2, -0.15) is 0 Å². The molecule has 0 saturated carbocycles. The van der Waals surface area contributed by atoms with E-state index in [4.69, 9.17) is 18.0 Å². The third-order valence-corrected chi connectivity index (χ3v) is 3.37. The lowest BCUT2D eigenvalue weighted by Gasteiger charge is -2.25. The van der Waals surface area contributed by atoms with Crippen molar-refractivity contribution in [2.75, 3.05) is 7.05 Å². The van der Waals surface area contributed by atoms with Crippen molar-refractivity contribution in [2.45, 2.75) is 25.9 Å². The molecule has 1 rings (SSSR count). The summed E-state index contributed by atoms with van der Waals surface area (Å²) in [5.41, 5.74) is 5.67. The third-order valence-electron chi connectivity index (χ3n) is 2.23. The van der Waals surface area contributed by atoms with Gasteiger partial charge in [0.25, 0.3) is 0 Å². The van der Waals surface area contributed by atoms with E-state index in [-0.39, 0.29) is 6.04 Å². The normalized spacial score (nSPS) is 13.1. The van der Waals surface area contributed by atoms with Crippen LogP contribution in [0.4, 0.5) is 0 Å². The van der Waals surface area contributed by atoms with E-state index >= 15 is 0 Å². The Morgan fingerprint density at radius 3 is 2.86 bits per heavy atom. The average Bonchev–Trinajstić information content (AvgIpc) is 2.57. The maximum absolute atomic E-state index is 5.67. The summed E-state index contributed by atoms with van der Waals surface area (Å²) >= 11 is 6.79. The zero-order valence-electron chi connectivity index (χ0n) is 8.56. The summed E-state index contributed by atoms with van der Waals surface area (Å²) in [5.74, 6) is 0. The van der Waals surface area contributed by atoms with Crippen LogP contribution < -0.4 is 5.73 Å². The molecule has 1 aromatic rings. The Morgan fingerprint density at radius 1 is 1.71 bits per heavy atom. The Morgan fingerprint density at radius 2 is 2.43 bits per heavy atom. The molecule has 0 aromatic carbocycles. The molecular formula is C10H16N2S2. The molecule has 14 heavy (non-hydrogen) atoms. The second-order valence-corrected chi connectivity index (χ2v) is 4.82. The van der Waals surface area contributed by atoms with Gasteiger partial charge in [-0.1, -0.05) is 25.2 Å². The molecule has 0 aliphatic heterocycles. The minimum absolute atomic E-state index is 0.215. The first-order valence-corrected chi connectivity index (χ1v) is 5.96. The van der Waals surface area contributed by atoms with Gasteiger partial charge in [0.1, 0.15) is 0 Å². The fraction of sp³-hybridized carbons (Fsp3) is 0.500. The first-order valence-electron chi connectivity index (χ1n) is 4.67. The van der Waals surface area contributed by atoms with Crippen molar-refractivity contribution in [3.8, 4) is 0 Å². The molecule has 0 spiro atoms. The quantitative estimate of drug-likeness (QED) is 0.784. The number of rotatable bonds is 5. The number of nitrogens with zero attached hydrogens (tertiary/aromatic N) is 1. The molecular weight excluding hydrogens is 212 g/mol. The second kappa shape index (κ2) is 5.44. The molecule has 1 aromatic heterocycles. The van der Waals surface area contributed by atoms with Crippen LogP contribution in [0, 0.1) is 0 Å². The minimum atomic E-state index is 0.215. The summed E-state index contributed by atoms with van der Waals surface area (Å²) in [6.45, 7) is 3.03. The van der Waals surface area contributed by atoms with Gasteiger partial charge < -0.3 is 5.73 Å². The monoisotopic (exact) mass is 228 g/mol. The van der Waals surface area contributed by atoms with Gasteiger partial charge in [0.05, 0.1) is 11.0 Å². The van der Waals surface area contributed by atoms with Crippen LogP contribution in [0.25, 0.3) is 0 Å². The largest absolute Gasteiger partial charge is 0.392 e. The molecule has 0 aliphatic rings. The van der Waals surface area contributed by atoms with Crippen LogP contribution in [0.15, 0.2) is 17.5 Å². The lowest BCUT2D eigenvalue weighted by molar-refractivity contribution is 0.286. The van der Waals surface area contributed by atoms with Gasteiger partial charge in [-0.3, -0.25) is 4.90 Å². The standard InChI is InChI=1S/C10H16N2S2/c1-3-9(10(11)13)12(2)7-8-5-4-6-14-8/h4-6,9H,3,7H2,1-2H3,(H2,11,13). The van der Waals surface area contributed by atoms with Gasteiger partial charge in [-0.05, 0) is 24.9 Å². The van der Waals surface area contributed by atoms with Crippen molar-refractivity contribution in [1.82, 2.24) is 4.90 Å². The molecule has 1 unspecified atom stereocenters. The molecule has 78 valence electrons. The molecule has 0 saturated heterocycles. The molecule has 2 N–H and O–H groups in total. The van der Waals surface area contributed by atoms with Crippen molar-refractivity contribution in [3.05, 3.63) is 22.4 Å². The topological polar surface area (TPSA) is 29.3 Å². The maximum atomic E-state index is 5.67. The predicted octanol–water partition coefficient (Wildman–Crippen LogP) is 2.24. The third kappa shape index (κ3) is 3.04. The van der Waals surface area contributed by atoms with E-state index in [9.17, 15) is 0 Å². The van der Waals surface area contributed by atoms with Gasteiger partial charge in [0.2, 0.25) is 0 Å². The highest BCUT2D eigenvalue weighted by atomic mass is 32.1. The fourth-order valence-corrected chi connectivity index (χ4v) is 2.60. The SMILES string of the molecule is CCC(C(N)=S)N(C)Cc1cccs1. The van der Waals surface area contributed by atoms with Crippen molar-refractivity contribution in [2.24, 2.45) is 5.73 Å². The van der Waals surface area contributed by atoms with Gasteiger partial charge in [0, 0.05) is 11.4 Å². The van der Waals surface area contributed by atoms with Crippen molar-refractivity contribution >= 4 is 28.5 Å². The summed E-state index contributed by atoms with van der Waals surface area (Å²) in [6.07, 6.45) is 0.969. The molecule has 1 heterocycles. The number of thiophene rings is 1. The van der Waals surface area contributed by atoms with Gasteiger partial charge in [0.15, 0.2) is 0 Å². The number of hydrogen-bond donors (Lipinski definition) is 1. The van der Waals surface area contributed by atoms with E-state index in [2.05, 4.69) is 36.4 Å². The highest BCUT2D eigenvalue weighted by molar-refractivity contribution is 7.80. The summed E-state index contributed by atoms with van der Waals surface area (Å²) < 4.78 is 0. The second-order valence-electron chi connectivity index (χ2n) is 3.32. The summed E-state index contributed by atoms with van der Waals surface area (Å²) in [7, 11) is 2.06. The maximum Gasteiger partial charge on any atom is 0.0901 e. The van der Waals surface area contributed by atoms with Crippen molar-refractivity contribution < 1.29 is 0 Å². The molecule has 0 fully saturated rings. The van der Waals surface area contributed by atoms with Crippen LogP contribution in [0.2, 0.25) is 0 Å². The minimum Gasteiger partial charge on any atom is -0.392 e. The average molecular weight is 228 g/mol. The van der Waals surface area contributed by atoms with Crippen LogP contribution in [-0.4, -0.2) is 23.0 Å². The van der Waals surface area contributed by atoms with E-state index in [1.165, 1.54) is 4.88 Å². The highest BCUT2D eigenvalue weighted by Crippen LogP contribution is 2.13. The van der Waals surface area contributed by atoms with Crippen LogP contribution in [0.3, 0.4) is 0 Å². The zero-order valence-corrected chi connectivity index (χ0v) is 10.2.